The third-order valence-electron chi connectivity index (χ3n) is 4.46. The molecule has 1 saturated heterocycles. The molecule has 2 aromatic heterocycles. The summed E-state index contributed by atoms with van der Waals surface area (Å²) in [5.74, 6) is 1.63. The number of halogens is 2. The van der Waals surface area contributed by atoms with E-state index in [1.165, 1.54) is 0 Å². The molecule has 1 fully saturated rings. The van der Waals surface area contributed by atoms with Gasteiger partial charge in [0, 0.05) is 43.3 Å². The van der Waals surface area contributed by atoms with Gasteiger partial charge in [-0.2, -0.15) is 0 Å². The second kappa shape index (κ2) is 9.24. The van der Waals surface area contributed by atoms with Gasteiger partial charge in [0.05, 0.1) is 28.9 Å². The Morgan fingerprint density at radius 1 is 1.07 bits per heavy atom. The second-order valence-corrected chi connectivity index (χ2v) is 8.16. The van der Waals surface area contributed by atoms with E-state index in [0.717, 1.165) is 60.8 Å². The lowest BCUT2D eigenvalue weighted by atomic mass is 10.2. The third-order valence-corrected chi connectivity index (χ3v) is 6.11. The summed E-state index contributed by atoms with van der Waals surface area (Å²) < 4.78 is 7.41. The van der Waals surface area contributed by atoms with Gasteiger partial charge in [-0.15, -0.1) is 10.2 Å². The summed E-state index contributed by atoms with van der Waals surface area (Å²) in [6, 6.07) is 9.39. The van der Waals surface area contributed by atoms with E-state index in [1.54, 1.807) is 30.2 Å². The number of morpholine rings is 1. The maximum absolute atomic E-state index is 6.26. The topological polar surface area (TPSA) is 56.1 Å². The van der Waals surface area contributed by atoms with Crippen molar-refractivity contribution in [1.82, 2.24) is 24.6 Å². The van der Waals surface area contributed by atoms with Crippen molar-refractivity contribution in [3.63, 3.8) is 0 Å². The lowest BCUT2D eigenvalue weighted by molar-refractivity contribution is 0.0410. The van der Waals surface area contributed by atoms with Crippen LogP contribution < -0.4 is 0 Å². The van der Waals surface area contributed by atoms with Crippen LogP contribution >= 0.6 is 35.0 Å². The van der Waals surface area contributed by atoms with Crippen molar-refractivity contribution in [1.29, 1.82) is 0 Å². The van der Waals surface area contributed by atoms with Crippen molar-refractivity contribution in [2.75, 3.05) is 38.6 Å². The minimum absolute atomic E-state index is 0.495. The largest absolute Gasteiger partial charge is 0.379 e. The molecule has 0 N–H and O–H groups in total. The first-order valence-electron chi connectivity index (χ1n) is 8.96. The third kappa shape index (κ3) is 4.50. The van der Waals surface area contributed by atoms with E-state index in [1.807, 2.05) is 28.8 Å². The SMILES string of the molecule is Clc1ccc(-n2c(SCCN3CCOCC3)nnc2-c2cccnc2)cc1Cl. The van der Waals surface area contributed by atoms with Crippen LogP contribution in [0.2, 0.25) is 10.0 Å². The van der Waals surface area contributed by atoms with Crippen LogP contribution in [0.4, 0.5) is 0 Å². The Kier molecular flexibility index (Phi) is 6.49. The number of hydrogen-bond donors (Lipinski definition) is 0. The zero-order valence-electron chi connectivity index (χ0n) is 15.1. The highest BCUT2D eigenvalue weighted by molar-refractivity contribution is 7.99. The van der Waals surface area contributed by atoms with Crippen molar-refractivity contribution in [2.45, 2.75) is 5.16 Å². The van der Waals surface area contributed by atoms with E-state index in [2.05, 4.69) is 20.1 Å². The van der Waals surface area contributed by atoms with Crippen LogP contribution in [-0.4, -0.2) is 63.2 Å². The summed E-state index contributed by atoms with van der Waals surface area (Å²) in [6.45, 7) is 4.52. The van der Waals surface area contributed by atoms with Crippen LogP contribution in [0.15, 0.2) is 47.9 Å². The smallest absolute Gasteiger partial charge is 0.196 e. The molecule has 146 valence electrons. The predicted octanol–water partition coefficient (Wildman–Crippen LogP) is 4.06. The predicted molar refractivity (Wildman–Crippen MR) is 113 cm³/mol. The Bertz CT molecular complexity index is 931. The summed E-state index contributed by atoms with van der Waals surface area (Å²) in [7, 11) is 0. The molecule has 1 aromatic carbocycles. The van der Waals surface area contributed by atoms with E-state index in [9.17, 15) is 0 Å². The van der Waals surface area contributed by atoms with Crippen LogP contribution in [0.5, 0.6) is 0 Å². The highest BCUT2D eigenvalue weighted by atomic mass is 35.5. The molecular formula is C19H19Cl2N5OS. The number of aromatic nitrogens is 4. The maximum atomic E-state index is 6.26. The van der Waals surface area contributed by atoms with Gasteiger partial charge >= 0.3 is 0 Å². The van der Waals surface area contributed by atoms with Gasteiger partial charge < -0.3 is 4.74 Å². The number of pyridine rings is 1. The highest BCUT2D eigenvalue weighted by Gasteiger charge is 2.18. The molecule has 0 amide bonds. The van der Waals surface area contributed by atoms with E-state index in [0.29, 0.717) is 10.0 Å². The summed E-state index contributed by atoms with van der Waals surface area (Å²) in [5.41, 5.74) is 1.76. The van der Waals surface area contributed by atoms with Crippen LogP contribution in [0, 0.1) is 0 Å². The van der Waals surface area contributed by atoms with Gasteiger partial charge in [0.15, 0.2) is 11.0 Å². The Balaban J connectivity index is 1.62. The minimum Gasteiger partial charge on any atom is -0.379 e. The Morgan fingerprint density at radius 3 is 2.68 bits per heavy atom. The number of hydrogen-bond acceptors (Lipinski definition) is 6. The fourth-order valence-corrected chi connectivity index (χ4v) is 4.24. The normalized spacial score (nSPS) is 15.1. The molecule has 1 aliphatic rings. The van der Waals surface area contributed by atoms with Gasteiger partial charge in [0.1, 0.15) is 0 Å². The Hall–Kier alpha value is -1.64. The standard InChI is InChI=1S/C19H19Cl2N5OS/c20-16-4-3-15(12-17(16)21)26-18(14-2-1-5-22-13-14)23-24-19(26)28-11-8-25-6-9-27-10-7-25/h1-5,12-13H,6-11H2. The average molecular weight is 436 g/mol. The molecule has 1 aliphatic heterocycles. The van der Waals surface area contributed by atoms with Crippen LogP contribution in [-0.2, 0) is 4.74 Å². The van der Waals surface area contributed by atoms with Crippen molar-refractivity contribution in [2.24, 2.45) is 0 Å². The molecule has 0 saturated carbocycles. The van der Waals surface area contributed by atoms with Gasteiger partial charge in [-0.05, 0) is 30.3 Å². The molecule has 4 rings (SSSR count). The molecule has 3 heterocycles. The molecular weight excluding hydrogens is 417 g/mol. The van der Waals surface area contributed by atoms with Gasteiger partial charge in [0.25, 0.3) is 0 Å². The first-order chi connectivity index (χ1) is 13.7. The number of ether oxygens (including phenoxy) is 1. The van der Waals surface area contributed by atoms with Gasteiger partial charge in [-0.3, -0.25) is 14.5 Å². The molecule has 3 aromatic rings. The molecule has 0 bridgehead atoms. The van der Waals surface area contributed by atoms with E-state index in [4.69, 9.17) is 27.9 Å². The number of rotatable bonds is 6. The zero-order valence-corrected chi connectivity index (χ0v) is 17.4. The van der Waals surface area contributed by atoms with Gasteiger partial charge in [-0.25, -0.2) is 0 Å². The Labute approximate surface area is 177 Å². The van der Waals surface area contributed by atoms with Crippen molar-refractivity contribution < 1.29 is 4.74 Å². The summed E-state index contributed by atoms with van der Waals surface area (Å²) in [6.07, 6.45) is 3.52. The van der Waals surface area contributed by atoms with Crippen LogP contribution in [0.25, 0.3) is 17.1 Å². The highest BCUT2D eigenvalue weighted by Crippen LogP contribution is 2.31. The molecule has 0 radical (unpaired) electrons. The fraction of sp³-hybridized carbons (Fsp3) is 0.316. The van der Waals surface area contributed by atoms with Crippen molar-refractivity contribution in [3.8, 4) is 17.1 Å². The van der Waals surface area contributed by atoms with E-state index < -0.39 is 0 Å². The molecule has 0 atom stereocenters. The van der Waals surface area contributed by atoms with Gasteiger partial charge in [-0.1, -0.05) is 35.0 Å². The van der Waals surface area contributed by atoms with Crippen molar-refractivity contribution in [3.05, 3.63) is 52.8 Å². The molecule has 6 nitrogen and oxygen atoms in total. The van der Waals surface area contributed by atoms with Crippen LogP contribution in [0.1, 0.15) is 0 Å². The maximum Gasteiger partial charge on any atom is 0.196 e. The number of nitrogens with zero attached hydrogens (tertiary/aromatic N) is 5. The lowest BCUT2D eigenvalue weighted by Crippen LogP contribution is -2.37. The number of benzene rings is 1. The summed E-state index contributed by atoms with van der Waals surface area (Å²) >= 11 is 14.0. The summed E-state index contributed by atoms with van der Waals surface area (Å²) in [5, 5.41) is 10.7. The second-order valence-electron chi connectivity index (χ2n) is 6.28. The molecule has 0 aliphatic carbocycles. The van der Waals surface area contributed by atoms with Crippen molar-refractivity contribution >= 4 is 35.0 Å². The monoisotopic (exact) mass is 435 g/mol. The first kappa shape index (κ1) is 19.7. The van der Waals surface area contributed by atoms with E-state index in [-0.39, 0.29) is 0 Å². The zero-order chi connectivity index (χ0) is 19.3. The molecule has 28 heavy (non-hydrogen) atoms. The van der Waals surface area contributed by atoms with Crippen LogP contribution in [0.3, 0.4) is 0 Å². The summed E-state index contributed by atoms with van der Waals surface area (Å²) in [4.78, 5) is 6.61. The van der Waals surface area contributed by atoms with E-state index >= 15 is 0 Å². The lowest BCUT2D eigenvalue weighted by Gasteiger charge is -2.26. The minimum atomic E-state index is 0.495. The average Bonchev–Trinajstić information content (AvgIpc) is 3.15. The molecule has 0 unspecified atom stereocenters. The Morgan fingerprint density at radius 2 is 1.93 bits per heavy atom. The fourth-order valence-electron chi connectivity index (χ4n) is 2.99. The first-order valence-corrected chi connectivity index (χ1v) is 10.7. The quantitative estimate of drug-likeness (QED) is 0.544. The molecule has 9 heteroatoms. The molecule has 0 spiro atoms. The number of thioether (sulfide) groups is 1. The van der Waals surface area contributed by atoms with Gasteiger partial charge in [0.2, 0.25) is 0 Å².